The smallest absolute Gasteiger partial charge is 0.231 e. The molecule has 0 bridgehead atoms. The monoisotopic (exact) mass is 371 g/mol. The molecule has 0 spiro atoms. The molecule has 1 aliphatic heterocycles. The first kappa shape index (κ1) is 18.7. The second-order valence-corrected chi connectivity index (χ2v) is 6.05. The molecule has 0 radical (unpaired) electrons. The molecule has 2 aromatic carbocycles. The first-order valence-corrected chi connectivity index (χ1v) is 8.96. The van der Waals surface area contributed by atoms with Crippen molar-refractivity contribution >= 4 is 5.96 Å². The summed E-state index contributed by atoms with van der Waals surface area (Å²) in [7, 11) is 1.60. The first-order chi connectivity index (χ1) is 13.2. The van der Waals surface area contributed by atoms with Crippen LogP contribution in [0.4, 0.5) is 0 Å². The first-order valence-electron chi connectivity index (χ1n) is 8.96. The molecule has 0 amide bonds. The maximum absolute atomic E-state index is 9.99. The Morgan fingerprint density at radius 3 is 2.81 bits per heavy atom. The minimum atomic E-state index is 0.204. The summed E-state index contributed by atoms with van der Waals surface area (Å²) >= 11 is 0. The Hall–Kier alpha value is -3.09. The minimum absolute atomic E-state index is 0.204. The number of guanidine groups is 1. The molecule has 3 rings (SSSR count). The van der Waals surface area contributed by atoms with Gasteiger partial charge in [-0.1, -0.05) is 6.07 Å². The average Bonchev–Trinajstić information content (AvgIpc) is 3.15. The highest BCUT2D eigenvalue weighted by molar-refractivity contribution is 5.79. The SMILES string of the molecule is CCNC(=NCc1cc(OC)ccc1O)NCCc1ccc2c(c1)OCO2. The molecule has 7 nitrogen and oxygen atoms in total. The largest absolute Gasteiger partial charge is 0.508 e. The Morgan fingerprint density at radius 1 is 1.15 bits per heavy atom. The fraction of sp³-hybridized carbons (Fsp3) is 0.350. The molecule has 0 fully saturated rings. The van der Waals surface area contributed by atoms with Gasteiger partial charge in [-0.15, -0.1) is 0 Å². The van der Waals surface area contributed by atoms with Crippen LogP contribution in [-0.4, -0.2) is 38.1 Å². The van der Waals surface area contributed by atoms with Crippen molar-refractivity contribution in [3.05, 3.63) is 47.5 Å². The van der Waals surface area contributed by atoms with Crippen molar-refractivity contribution in [3.63, 3.8) is 0 Å². The third kappa shape index (κ3) is 4.97. The van der Waals surface area contributed by atoms with Crippen molar-refractivity contribution in [2.75, 3.05) is 27.0 Å². The topological polar surface area (TPSA) is 84.3 Å². The number of hydrogen-bond acceptors (Lipinski definition) is 5. The maximum Gasteiger partial charge on any atom is 0.231 e. The zero-order chi connectivity index (χ0) is 19.1. The van der Waals surface area contributed by atoms with Gasteiger partial charge < -0.3 is 30.0 Å². The Bertz CT molecular complexity index is 808. The summed E-state index contributed by atoms with van der Waals surface area (Å²) in [5, 5.41) is 16.5. The van der Waals surface area contributed by atoms with Crippen molar-refractivity contribution < 1.29 is 19.3 Å². The van der Waals surface area contributed by atoms with Crippen LogP contribution in [0.5, 0.6) is 23.0 Å². The van der Waals surface area contributed by atoms with Crippen molar-refractivity contribution in [2.45, 2.75) is 19.9 Å². The molecule has 0 unspecified atom stereocenters. The Labute approximate surface area is 159 Å². The number of nitrogens with one attached hydrogen (secondary N) is 2. The van der Waals surface area contributed by atoms with E-state index in [2.05, 4.69) is 15.6 Å². The molecule has 0 aliphatic carbocycles. The standard InChI is InChI=1S/C20H25N3O4/c1-3-21-20(23-12-15-11-16(25-2)5-6-17(15)24)22-9-8-14-4-7-18-19(10-14)27-13-26-18/h4-7,10-11,24H,3,8-9,12-13H2,1-2H3,(H2,21,22,23). The van der Waals surface area contributed by atoms with Gasteiger partial charge in [-0.25, -0.2) is 4.99 Å². The van der Waals surface area contributed by atoms with E-state index in [9.17, 15) is 5.11 Å². The predicted molar refractivity (Wildman–Crippen MR) is 104 cm³/mol. The van der Waals surface area contributed by atoms with Crippen LogP contribution < -0.4 is 24.8 Å². The van der Waals surface area contributed by atoms with Crippen LogP contribution >= 0.6 is 0 Å². The van der Waals surface area contributed by atoms with Crippen LogP contribution in [0.1, 0.15) is 18.1 Å². The molecule has 7 heteroatoms. The molecule has 0 atom stereocenters. The summed E-state index contributed by atoms with van der Waals surface area (Å²) in [6, 6.07) is 11.1. The van der Waals surface area contributed by atoms with Crippen LogP contribution in [0, 0.1) is 0 Å². The second kappa shape index (κ2) is 9.02. The minimum Gasteiger partial charge on any atom is -0.508 e. The lowest BCUT2D eigenvalue weighted by Gasteiger charge is -2.12. The lowest BCUT2D eigenvalue weighted by atomic mass is 10.1. The molecule has 2 aromatic rings. The van der Waals surface area contributed by atoms with Crippen molar-refractivity contribution in [1.29, 1.82) is 0 Å². The van der Waals surface area contributed by atoms with E-state index in [1.165, 1.54) is 0 Å². The van der Waals surface area contributed by atoms with Gasteiger partial charge in [0.15, 0.2) is 17.5 Å². The summed E-state index contributed by atoms with van der Waals surface area (Å²) in [5.74, 6) is 3.18. The highest BCUT2D eigenvalue weighted by atomic mass is 16.7. The number of benzene rings is 2. The molecule has 0 saturated carbocycles. The van der Waals surface area contributed by atoms with Crippen LogP contribution in [0.3, 0.4) is 0 Å². The lowest BCUT2D eigenvalue weighted by molar-refractivity contribution is 0.174. The normalized spacial score (nSPS) is 12.7. The van der Waals surface area contributed by atoms with E-state index in [0.717, 1.165) is 36.6 Å². The number of rotatable bonds is 7. The number of nitrogens with zero attached hydrogens (tertiary/aromatic N) is 1. The molecular formula is C20H25N3O4. The maximum atomic E-state index is 9.99. The fourth-order valence-electron chi connectivity index (χ4n) is 2.74. The summed E-state index contributed by atoms with van der Waals surface area (Å²) < 4.78 is 15.9. The molecule has 1 heterocycles. The van der Waals surface area contributed by atoms with E-state index in [-0.39, 0.29) is 12.5 Å². The zero-order valence-corrected chi connectivity index (χ0v) is 15.6. The fourth-order valence-corrected chi connectivity index (χ4v) is 2.74. The van der Waals surface area contributed by atoms with Gasteiger partial charge in [0.1, 0.15) is 11.5 Å². The van der Waals surface area contributed by atoms with Gasteiger partial charge in [-0.2, -0.15) is 0 Å². The molecule has 1 aliphatic rings. The van der Waals surface area contributed by atoms with E-state index in [1.54, 1.807) is 25.3 Å². The quantitative estimate of drug-likeness (QED) is 0.512. The number of fused-ring (bicyclic) bond motifs is 1. The Morgan fingerprint density at radius 2 is 2.00 bits per heavy atom. The van der Waals surface area contributed by atoms with Crippen LogP contribution in [0.25, 0.3) is 0 Å². The van der Waals surface area contributed by atoms with E-state index < -0.39 is 0 Å². The van der Waals surface area contributed by atoms with E-state index in [4.69, 9.17) is 14.2 Å². The third-order valence-corrected chi connectivity index (χ3v) is 4.18. The van der Waals surface area contributed by atoms with E-state index >= 15 is 0 Å². The lowest BCUT2D eigenvalue weighted by Crippen LogP contribution is -2.38. The van der Waals surface area contributed by atoms with Crippen LogP contribution in [0.15, 0.2) is 41.4 Å². The number of phenols is 1. The summed E-state index contributed by atoms with van der Waals surface area (Å²) in [6.45, 7) is 4.11. The van der Waals surface area contributed by atoms with E-state index in [0.29, 0.717) is 23.8 Å². The third-order valence-electron chi connectivity index (χ3n) is 4.18. The summed E-state index contributed by atoms with van der Waals surface area (Å²) in [4.78, 5) is 4.54. The number of phenolic OH excluding ortho intramolecular Hbond substituents is 1. The van der Waals surface area contributed by atoms with Gasteiger partial charge in [0.25, 0.3) is 0 Å². The van der Waals surface area contributed by atoms with E-state index in [1.807, 2.05) is 25.1 Å². The molecule has 0 aromatic heterocycles. The number of aliphatic imine (C=N–C) groups is 1. The van der Waals surface area contributed by atoms with Gasteiger partial charge >= 0.3 is 0 Å². The number of hydrogen-bond donors (Lipinski definition) is 3. The zero-order valence-electron chi connectivity index (χ0n) is 15.6. The number of methoxy groups -OCH3 is 1. The highest BCUT2D eigenvalue weighted by Crippen LogP contribution is 2.32. The van der Waals surface area contributed by atoms with Crippen molar-refractivity contribution in [2.24, 2.45) is 4.99 Å². The summed E-state index contributed by atoms with van der Waals surface area (Å²) in [5.41, 5.74) is 1.87. The number of aromatic hydroxyl groups is 1. The summed E-state index contributed by atoms with van der Waals surface area (Å²) in [6.07, 6.45) is 0.825. The number of ether oxygens (including phenoxy) is 3. The molecule has 3 N–H and O–H groups in total. The molecule has 144 valence electrons. The highest BCUT2D eigenvalue weighted by Gasteiger charge is 2.13. The second-order valence-electron chi connectivity index (χ2n) is 6.05. The van der Waals surface area contributed by atoms with Crippen molar-refractivity contribution in [3.8, 4) is 23.0 Å². The van der Waals surface area contributed by atoms with Crippen molar-refractivity contribution in [1.82, 2.24) is 10.6 Å². The van der Waals surface area contributed by atoms with Gasteiger partial charge in [-0.05, 0) is 49.2 Å². The average molecular weight is 371 g/mol. The Kier molecular flexibility index (Phi) is 6.25. The molecule has 0 saturated heterocycles. The molecular weight excluding hydrogens is 346 g/mol. The van der Waals surface area contributed by atoms with Gasteiger partial charge in [0.05, 0.1) is 13.7 Å². The van der Waals surface area contributed by atoms with Crippen LogP contribution in [-0.2, 0) is 13.0 Å². The van der Waals surface area contributed by atoms with Gasteiger partial charge in [0, 0.05) is 18.7 Å². The van der Waals surface area contributed by atoms with Crippen LogP contribution in [0.2, 0.25) is 0 Å². The molecule has 27 heavy (non-hydrogen) atoms. The predicted octanol–water partition coefficient (Wildman–Crippen LogP) is 2.43. The van der Waals surface area contributed by atoms with Gasteiger partial charge in [-0.3, -0.25) is 0 Å². The Balaban J connectivity index is 1.57. The van der Waals surface area contributed by atoms with Gasteiger partial charge in [0.2, 0.25) is 6.79 Å².